The summed E-state index contributed by atoms with van der Waals surface area (Å²) in [6.07, 6.45) is 1.88. The van der Waals surface area contributed by atoms with Crippen LogP contribution in [0.1, 0.15) is 38.2 Å². The number of nitrogens with zero attached hydrogens (tertiary/aromatic N) is 1. The molecule has 0 amide bonds. The van der Waals surface area contributed by atoms with E-state index in [4.69, 9.17) is 16.3 Å². The molecule has 4 nitrogen and oxygen atoms in total. The maximum atomic E-state index is 11.5. The first-order valence-electron chi connectivity index (χ1n) is 7.65. The summed E-state index contributed by atoms with van der Waals surface area (Å²) in [4.78, 5) is 11.1. The van der Waals surface area contributed by atoms with Gasteiger partial charge < -0.3 is 4.74 Å². The number of halogens is 1. The average molecular weight is 334 g/mol. The molecular formula is C18H20ClNO3. The minimum absolute atomic E-state index is 0.00536. The Balaban J connectivity index is 2.85. The molecule has 0 saturated heterocycles. The molecule has 0 aliphatic rings. The lowest BCUT2D eigenvalue weighted by molar-refractivity contribution is -0.384. The number of rotatable bonds is 6. The molecule has 2 aromatic carbocycles. The lowest BCUT2D eigenvalue weighted by Crippen LogP contribution is -2.03. The smallest absolute Gasteiger partial charge is 0.278 e. The first-order valence-corrected chi connectivity index (χ1v) is 8.03. The van der Waals surface area contributed by atoms with Gasteiger partial charge >= 0.3 is 0 Å². The maximum Gasteiger partial charge on any atom is 0.278 e. The number of hydrogen-bond acceptors (Lipinski definition) is 3. The van der Waals surface area contributed by atoms with E-state index in [2.05, 4.69) is 13.8 Å². The summed E-state index contributed by atoms with van der Waals surface area (Å²) in [6, 6.07) is 10.5. The highest BCUT2D eigenvalue weighted by Crippen LogP contribution is 2.45. The zero-order valence-electron chi connectivity index (χ0n) is 13.5. The number of benzene rings is 2. The fourth-order valence-corrected chi connectivity index (χ4v) is 3.23. The van der Waals surface area contributed by atoms with Gasteiger partial charge in [-0.15, -0.1) is 0 Å². The monoisotopic (exact) mass is 333 g/mol. The largest absolute Gasteiger partial charge is 0.496 e. The molecule has 0 spiro atoms. The quantitative estimate of drug-likeness (QED) is 0.493. The summed E-state index contributed by atoms with van der Waals surface area (Å²) in [5.74, 6) is 0.890. The molecule has 0 bridgehead atoms. The molecule has 0 fully saturated rings. The number of nitro benzene ring substituents is 1. The van der Waals surface area contributed by atoms with Gasteiger partial charge in [0.1, 0.15) is 5.75 Å². The first-order chi connectivity index (χ1) is 11.0. The molecule has 0 aromatic heterocycles. The summed E-state index contributed by atoms with van der Waals surface area (Å²) in [5.41, 5.74) is 2.18. The molecule has 2 aromatic rings. The van der Waals surface area contributed by atoms with Crippen LogP contribution in [0.25, 0.3) is 11.1 Å². The third kappa shape index (κ3) is 3.32. The van der Waals surface area contributed by atoms with Crippen LogP contribution in [0.2, 0.25) is 5.02 Å². The summed E-state index contributed by atoms with van der Waals surface area (Å²) in [6.45, 7) is 4.22. The van der Waals surface area contributed by atoms with Gasteiger partial charge in [0.05, 0.1) is 22.6 Å². The molecular weight excluding hydrogens is 314 g/mol. The van der Waals surface area contributed by atoms with Gasteiger partial charge in [0.25, 0.3) is 5.69 Å². The molecule has 0 N–H and O–H groups in total. The van der Waals surface area contributed by atoms with Crippen molar-refractivity contribution in [3.05, 3.63) is 57.1 Å². The molecule has 0 aliphatic carbocycles. The SMILES string of the molecule is CCC(CC)c1cccc(OC)c1-c1c(Cl)cccc1[N+](=O)[O-]. The second-order valence-electron chi connectivity index (χ2n) is 5.33. The maximum absolute atomic E-state index is 11.5. The van der Waals surface area contributed by atoms with Crippen LogP contribution in [0.5, 0.6) is 5.75 Å². The van der Waals surface area contributed by atoms with Crippen molar-refractivity contribution in [3.63, 3.8) is 0 Å². The Labute approximate surface area is 141 Å². The minimum atomic E-state index is -0.398. The van der Waals surface area contributed by atoms with Crippen molar-refractivity contribution in [3.8, 4) is 16.9 Å². The van der Waals surface area contributed by atoms with Gasteiger partial charge in [0.15, 0.2) is 0 Å². The Kier molecular flexibility index (Phi) is 5.61. The van der Waals surface area contributed by atoms with Gasteiger partial charge in [-0.1, -0.05) is 43.6 Å². The Hall–Kier alpha value is -2.07. The van der Waals surface area contributed by atoms with Gasteiger partial charge in [-0.05, 0) is 36.5 Å². The number of ether oxygens (including phenoxy) is 1. The standard InChI is InChI=1S/C18H20ClNO3/c1-4-12(5-2)13-8-6-11-16(23-3)17(13)18-14(19)9-7-10-15(18)20(21)22/h6-12H,4-5H2,1-3H3. The molecule has 2 rings (SSSR count). The van der Waals surface area contributed by atoms with Crippen LogP contribution in [0.15, 0.2) is 36.4 Å². The molecule has 0 radical (unpaired) electrons. The zero-order valence-corrected chi connectivity index (χ0v) is 14.3. The van der Waals surface area contributed by atoms with Gasteiger partial charge in [0, 0.05) is 11.6 Å². The Morgan fingerprint density at radius 2 is 1.78 bits per heavy atom. The van der Waals surface area contributed by atoms with Crippen molar-refractivity contribution in [2.24, 2.45) is 0 Å². The highest BCUT2D eigenvalue weighted by atomic mass is 35.5. The van der Waals surface area contributed by atoms with E-state index in [-0.39, 0.29) is 11.6 Å². The van der Waals surface area contributed by atoms with Crippen LogP contribution in [-0.2, 0) is 0 Å². The van der Waals surface area contributed by atoms with Crippen molar-refractivity contribution in [1.82, 2.24) is 0 Å². The summed E-state index contributed by atoms with van der Waals surface area (Å²) >= 11 is 6.34. The predicted octanol–water partition coefficient (Wildman–Crippen LogP) is 5.83. The molecule has 0 saturated carbocycles. The number of nitro groups is 1. The molecule has 23 heavy (non-hydrogen) atoms. The molecule has 5 heteroatoms. The van der Waals surface area contributed by atoms with E-state index in [1.165, 1.54) is 6.07 Å². The van der Waals surface area contributed by atoms with Crippen molar-refractivity contribution in [2.45, 2.75) is 32.6 Å². The number of hydrogen-bond donors (Lipinski definition) is 0. The highest BCUT2D eigenvalue weighted by molar-refractivity contribution is 6.34. The van der Waals surface area contributed by atoms with E-state index in [0.717, 1.165) is 24.0 Å². The van der Waals surface area contributed by atoms with E-state index in [0.29, 0.717) is 16.3 Å². The van der Waals surface area contributed by atoms with Gasteiger partial charge in [0.2, 0.25) is 0 Å². The first kappa shape index (κ1) is 17.3. The van der Waals surface area contributed by atoms with Crippen LogP contribution >= 0.6 is 11.6 Å². The Morgan fingerprint density at radius 1 is 1.13 bits per heavy atom. The van der Waals surface area contributed by atoms with Crippen LogP contribution in [0.4, 0.5) is 5.69 Å². The summed E-state index contributed by atoms with van der Waals surface area (Å²) < 4.78 is 5.49. The zero-order chi connectivity index (χ0) is 17.0. The second kappa shape index (κ2) is 7.47. The third-order valence-corrected chi connectivity index (χ3v) is 4.46. The summed E-state index contributed by atoms with van der Waals surface area (Å²) in [5, 5.41) is 11.8. The fourth-order valence-electron chi connectivity index (χ4n) is 2.97. The van der Waals surface area contributed by atoms with Crippen molar-refractivity contribution in [1.29, 1.82) is 0 Å². The van der Waals surface area contributed by atoms with E-state index < -0.39 is 4.92 Å². The molecule has 0 unspecified atom stereocenters. The van der Waals surface area contributed by atoms with E-state index in [1.54, 1.807) is 19.2 Å². The fraction of sp³-hybridized carbons (Fsp3) is 0.333. The van der Waals surface area contributed by atoms with Crippen molar-refractivity contribution >= 4 is 17.3 Å². The Bertz CT molecular complexity index is 711. The van der Waals surface area contributed by atoms with Gasteiger partial charge in [-0.25, -0.2) is 0 Å². The van der Waals surface area contributed by atoms with Gasteiger partial charge in [-0.2, -0.15) is 0 Å². The minimum Gasteiger partial charge on any atom is -0.496 e. The third-order valence-electron chi connectivity index (χ3n) is 4.14. The van der Waals surface area contributed by atoms with Crippen LogP contribution in [0.3, 0.4) is 0 Å². The van der Waals surface area contributed by atoms with Crippen LogP contribution in [-0.4, -0.2) is 12.0 Å². The number of methoxy groups -OCH3 is 1. The Morgan fingerprint density at radius 3 is 2.35 bits per heavy atom. The lowest BCUT2D eigenvalue weighted by Gasteiger charge is -2.20. The van der Waals surface area contributed by atoms with E-state index >= 15 is 0 Å². The van der Waals surface area contributed by atoms with Crippen LogP contribution < -0.4 is 4.74 Å². The second-order valence-corrected chi connectivity index (χ2v) is 5.74. The van der Waals surface area contributed by atoms with Gasteiger partial charge in [-0.3, -0.25) is 10.1 Å². The normalized spacial score (nSPS) is 10.8. The highest BCUT2D eigenvalue weighted by Gasteiger charge is 2.26. The predicted molar refractivity (Wildman–Crippen MR) is 93.4 cm³/mol. The lowest BCUT2D eigenvalue weighted by atomic mass is 9.86. The van der Waals surface area contributed by atoms with E-state index in [1.807, 2.05) is 18.2 Å². The topological polar surface area (TPSA) is 52.4 Å². The molecule has 0 heterocycles. The van der Waals surface area contributed by atoms with Crippen molar-refractivity contribution in [2.75, 3.05) is 7.11 Å². The molecule has 0 aliphatic heterocycles. The average Bonchev–Trinajstić information content (AvgIpc) is 2.55. The summed E-state index contributed by atoms with van der Waals surface area (Å²) in [7, 11) is 1.57. The van der Waals surface area contributed by atoms with Crippen molar-refractivity contribution < 1.29 is 9.66 Å². The van der Waals surface area contributed by atoms with E-state index in [9.17, 15) is 10.1 Å². The van der Waals surface area contributed by atoms with Crippen LogP contribution in [0, 0.1) is 10.1 Å². The molecule has 122 valence electrons. The molecule has 0 atom stereocenters.